The van der Waals surface area contributed by atoms with Gasteiger partial charge in [0.2, 0.25) is 0 Å². The van der Waals surface area contributed by atoms with Gasteiger partial charge >= 0.3 is 0 Å². The lowest BCUT2D eigenvalue weighted by Crippen LogP contribution is -2.31. The van der Waals surface area contributed by atoms with Crippen molar-refractivity contribution in [3.8, 4) is 0 Å². The van der Waals surface area contributed by atoms with Crippen molar-refractivity contribution in [2.45, 2.75) is 18.9 Å². The highest BCUT2D eigenvalue weighted by molar-refractivity contribution is 7.09. The van der Waals surface area contributed by atoms with Gasteiger partial charge < -0.3 is 5.73 Å². The molecule has 0 aliphatic carbocycles. The quantitative estimate of drug-likeness (QED) is 0.719. The molecule has 1 atom stereocenters. The first kappa shape index (κ1) is 10.1. The Kier molecular flexibility index (Phi) is 3.79. The average molecular weight is 196 g/mol. The van der Waals surface area contributed by atoms with Gasteiger partial charge in [0, 0.05) is 11.6 Å². The SMILES string of the molecule is C=CCC(N)C(=O)Cc1nccs1. The third-order valence-electron chi connectivity index (χ3n) is 1.64. The van der Waals surface area contributed by atoms with Crippen LogP contribution in [0.2, 0.25) is 0 Å². The Bertz CT molecular complexity index is 282. The molecule has 1 aromatic heterocycles. The van der Waals surface area contributed by atoms with E-state index in [9.17, 15) is 4.79 Å². The maximum atomic E-state index is 11.4. The van der Waals surface area contributed by atoms with Crippen molar-refractivity contribution >= 4 is 17.1 Å². The third kappa shape index (κ3) is 3.08. The molecule has 2 N–H and O–H groups in total. The first-order chi connectivity index (χ1) is 6.24. The van der Waals surface area contributed by atoms with E-state index in [2.05, 4.69) is 11.6 Å². The molecule has 0 radical (unpaired) electrons. The lowest BCUT2D eigenvalue weighted by Gasteiger charge is -2.05. The zero-order valence-electron chi connectivity index (χ0n) is 7.27. The molecular formula is C9H12N2OS. The van der Waals surface area contributed by atoms with Crippen LogP contribution in [0.3, 0.4) is 0 Å². The van der Waals surface area contributed by atoms with Crippen LogP contribution < -0.4 is 5.73 Å². The van der Waals surface area contributed by atoms with Gasteiger partial charge in [0.25, 0.3) is 0 Å². The van der Waals surface area contributed by atoms with Gasteiger partial charge in [-0.1, -0.05) is 6.08 Å². The Morgan fingerprint density at radius 3 is 3.15 bits per heavy atom. The molecule has 1 heterocycles. The Balaban J connectivity index is 2.45. The van der Waals surface area contributed by atoms with Gasteiger partial charge in [-0.2, -0.15) is 0 Å². The highest BCUT2D eigenvalue weighted by atomic mass is 32.1. The number of nitrogens with two attached hydrogens (primary N) is 1. The minimum absolute atomic E-state index is 0.0230. The van der Waals surface area contributed by atoms with Gasteiger partial charge in [-0.3, -0.25) is 4.79 Å². The standard InChI is InChI=1S/C9H12N2OS/c1-2-3-7(10)8(12)6-9-11-4-5-13-9/h2,4-5,7H,1,3,6,10H2. The van der Waals surface area contributed by atoms with Crippen LogP contribution in [0.25, 0.3) is 0 Å². The lowest BCUT2D eigenvalue weighted by atomic mass is 10.1. The summed E-state index contributed by atoms with van der Waals surface area (Å²) in [5, 5.41) is 2.67. The lowest BCUT2D eigenvalue weighted by molar-refractivity contribution is -0.119. The molecule has 0 saturated heterocycles. The summed E-state index contributed by atoms with van der Waals surface area (Å²) in [6.45, 7) is 3.53. The predicted molar refractivity (Wildman–Crippen MR) is 53.6 cm³/mol. The number of ketones is 1. The Morgan fingerprint density at radius 2 is 2.62 bits per heavy atom. The van der Waals surface area contributed by atoms with Crippen LogP contribution in [0.15, 0.2) is 24.2 Å². The topological polar surface area (TPSA) is 56.0 Å². The second kappa shape index (κ2) is 4.89. The number of Topliss-reactive ketones (excluding diaryl/α,β-unsaturated/α-hetero) is 1. The number of hydrogen-bond donors (Lipinski definition) is 1. The van der Waals surface area contributed by atoms with E-state index in [-0.39, 0.29) is 5.78 Å². The number of thiazole rings is 1. The van der Waals surface area contributed by atoms with Crippen LogP contribution in [0.5, 0.6) is 0 Å². The number of aromatic nitrogens is 1. The van der Waals surface area contributed by atoms with Crippen LogP contribution in [0.4, 0.5) is 0 Å². The molecule has 0 fully saturated rings. The zero-order valence-corrected chi connectivity index (χ0v) is 8.09. The first-order valence-electron chi connectivity index (χ1n) is 4.01. The monoisotopic (exact) mass is 196 g/mol. The summed E-state index contributed by atoms with van der Waals surface area (Å²) in [5.41, 5.74) is 5.60. The van der Waals surface area contributed by atoms with E-state index in [1.54, 1.807) is 12.3 Å². The predicted octanol–water partition coefficient (Wildman–Crippen LogP) is 1.16. The third-order valence-corrected chi connectivity index (χ3v) is 2.42. The van der Waals surface area contributed by atoms with Crippen LogP contribution in [-0.2, 0) is 11.2 Å². The van der Waals surface area contributed by atoms with E-state index in [4.69, 9.17) is 5.73 Å². The van der Waals surface area contributed by atoms with Gasteiger partial charge in [0.1, 0.15) is 0 Å². The van der Waals surface area contributed by atoms with Crippen molar-refractivity contribution in [1.82, 2.24) is 4.98 Å². The second-order valence-corrected chi connectivity index (χ2v) is 3.68. The van der Waals surface area contributed by atoms with E-state index in [0.29, 0.717) is 12.8 Å². The van der Waals surface area contributed by atoms with Crippen LogP contribution in [0, 0.1) is 0 Å². The molecule has 70 valence electrons. The van der Waals surface area contributed by atoms with Crippen molar-refractivity contribution in [3.63, 3.8) is 0 Å². The summed E-state index contributed by atoms with van der Waals surface area (Å²) in [4.78, 5) is 15.4. The number of nitrogens with zero attached hydrogens (tertiary/aromatic N) is 1. The molecule has 0 aliphatic rings. The minimum Gasteiger partial charge on any atom is -0.321 e. The van der Waals surface area contributed by atoms with Crippen LogP contribution in [0.1, 0.15) is 11.4 Å². The second-order valence-electron chi connectivity index (χ2n) is 2.70. The Morgan fingerprint density at radius 1 is 1.85 bits per heavy atom. The molecule has 0 aromatic carbocycles. The number of hydrogen-bond acceptors (Lipinski definition) is 4. The molecule has 0 saturated carbocycles. The van der Waals surface area contributed by atoms with Crippen molar-refractivity contribution in [1.29, 1.82) is 0 Å². The molecule has 0 bridgehead atoms. The molecule has 0 aliphatic heterocycles. The van der Waals surface area contributed by atoms with Crippen LogP contribution >= 0.6 is 11.3 Å². The van der Waals surface area contributed by atoms with Crippen molar-refractivity contribution < 1.29 is 4.79 Å². The molecule has 0 spiro atoms. The Hall–Kier alpha value is -1.000. The number of carbonyl (C=O) groups is 1. The van der Waals surface area contributed by atoms with Crippen molar-refractivity contribution in [2.75, 3.05) is 0 Å². The molecule has 4 heteroatoms. The van der Waals surface area contributed by atoms with Crippen LogP contribution in [-0.4, -0.2) is 16.8 Å². The summed E-state index contributed by atoms with van der Waals surface area (Å²) in [5.74, 6) is 0.0230. The van der Waals surface area contributed by atoms with Gasteiger partial charge in [0.05, 0.1) is 17.5 Å². The fourth-order valence-electron chi connectivity index (χ4n) is 0.931. The zero-order chi connectivity index (χ0) is 9.68. The summed E-state index contributed by atoms with van der Waals surface area (Å²) in [6, 6.07) is -0.429. The summed E-state index contributed by atoms with van der Waals surface area (Å²) in [7, 11) is 0. The van der Waals surface area contributed by atoms with E-state index in [1.165, 1.54) is 11.3 Å². The normalized spacial score (nSPS) is 12.4. The minimum atomic E-state index is -0.429. The molecule has 1 unspecified atom stereocenters. The summed E-state index contributed by atoms with van der Waals surface area (Å²) >= 11 is 1.47. The van der Waals surface area contributed by atoms with Gasteiger partial charge in [0.15, 0.2) is 5.78 Å². The van der Waals surface area contributed by atoms with E-state index >= 15 is 0 Å². The number of carbonyl (C=O) groups excluding carboxylic acids is 1. The van der Waals surface area contributed by atoms with Gasteiger partial charge in [-0.25, -0.2) is 4.98 Å². The molecule has 3 nitrogen and oxygen atoms in total. The fraction of sp³-hybridized carbons (Fsp3) is 0.333. The average Bonchev–Trinajstić information content (AvgIpc) is 2.57. The number of rotatable bonds is 5. The van der Waals surface area contributed by atoms with E-state index in [0.717, 1.165) is 5.01 Å². The molecule has 1 aromatic rings. The first-order valence-corrected chi connectivity index (χ1v) is 4.89. The maximum absolute atomic E-state index is 11.4. The molecule has 13 heavy (non-hydrogen) atoms. The highest BCUT2D eigenvalue weighted by Gasteiger charge is 2.13. The maximum Gasteiger partial charge on any atom is 0.156 e. The molecule has 1 rings (SSSR count). The smallest absolute Gasteiger partial charge is 0.156 e. The van der Waals surface area contributed by atoms with Gasteiger partial charge in [-0.05, 0) is 6.42 Å². The molecular weight excluding hydrogens is 184 g/mol. The van der Waals surface area contributed by atoms with Crippen molar-refractivity contribution in [2.24, 2.45) is 5.73 Å². The summed E-state index contributed by atoms with van der Waals surface area (Å²) < 4.78 is 0. The highest BCUT2D eigenvalue weighted by Crippen LogP contribution is 2.06. The van der Waals surface area contributed by atoms with Crippen molar-refractivity contribution in [3.05, 3.63) is 29.2 Å². The Labute approximate surface area is 81.3 Å². The van der Waals surface area contributed by atoms with Gasteiger partial charge in [-0.15, -0.1) is 17.9 Å². The fourth-order valence-corrected chi connectivity index (χ4v) is 1.56. The van der Waals surface area contributed by atoms with E-state index in [1.807, 2.05) is 5.38 Å². The van der Waals surface area contributed by atoms with E-state index < -0.39 is 6.04 Å². The largest absolute Gasteiger partial charge is 0.321 e. The summed E-state index contributed by atoms with van der Waals surface area (Å²) in [6.07, 6.45) is 4.22. The molecule has 0 amide bonds.